The van der Waals surface area contributed by atoms with Crippen molar-refractivity contribution in [3.05, 3.63) is 59.7 Å². The Morgan fingerprint density at radius 2 is 1.35 bits per heavy atom. The van der Waals surface area contributed by atoms with E-state index in [4.69, 9.17) is 10.5 Å². The van der Waals surface area contributed by atoms with Crippen LogP contribution in [0.3, 0.4) is 0 Å². The Morgan fingerprint density at radius 3 is 1.90 bits per heavy atom. The van der Waals surface area contributed by atoms with Gasteiger partial charge in [-0.1, -0.05) is 19.3 Å². The summed E-state index contributed by atoms with van der Waals surface area (Å²) in [5.41, 5.74) is 6.37. The first-order valence-electron chi connectivity index (χ1n) is 11.3. The SMILES string of the molecule is NC(=O)c1ccc(Oc2ccc(C(=O)N3CCN(CC4CCCCC4)CC3)cc2)cc1. The van der Waals surface area contributed by atoms with E-state index in [1.165, 1.54) is 38.6 Å². The molecule has 1 aliphatic heterocycles. The van der Waals surface area contributed by atoms with E-state index in [1.54, 1.807) is 36.4 Å². The maximum atomic E-state index is 12.9. The standard InChI is InChI=1S/C25H31N3O3/c26-24(29)20-6-10-22(11-7-20)31-23-12-8-21(9-13-23)25(30)28-16-14-27(15-17-28)18-19-4-2-1-3-5-19/h6-13,19H,1-5,14-18H2,(H2,26,29). The Bertz CT molecular complexity index is 881. The van der Waals surface area contributed by atoms with Crippen molar-refractivity contribution < 1.29 is 14.3 Å². The van der Waals surface area contributed by atoms with E-state index in [0.717, 1.165) is 32.1 Å². The highest BCUT2D eigenvalue weighted by atomic mass is 16.5. The van der Waals surface area contributed by atoms with Crippen molar-refractivity contribution in [1.29, 1.82) is 0 Å². The molecule has 0 radical (unpaired) electrons. The quantitative estimate of drug-likeness (QED) is 0.767. The number of nitrogens with zero attached hydrogens (tertiary/aromatic N) is 2. The summed E-state index contributed by atoms with van der Waals surface area (Å²) in [6.45, 7) is 4.69. The molecule has 0 aromatic heterocycles. The maximum Gasteiger partial charge on any atom is 0.253 e. The fourth-order valence-corrected chi connectivity index (χ4v) is 4.54. The summed E-state index contributed by atoms with van der Waals surface area (Å²) < 4.78 is 5.80. The molecule has 2 amide bonds. The molecule has 6 heteroatoms. The molecule has 6 nitrogen and oxygen atoms in total. The van der Waals surface area contributed by atoms with Gasteiger partial charge >= 0.3 is 0 Å². The van der Waals surface area contributed by atoms with E-state index in [9.17, 15) is 9.59 Å². The largest absolute Gasteiger partial charge is 0.457 e. The molecule has 2 N–H and O–H groups in total. The number of primary amides is 1. The van der Waals surface area contributed by atoms with Gasteiger partial charge in [-0.2, -0.15) is 0 Å². The Labute approximate surface area is 184 Å². The Balaban J connectivity index is 1.27. The normalized spacial score (nSPS) is 18.0. The van der Waals surface area contributed by atoms with Crippen LogP contribution in [0.15, 0.2) is 48.5 Å². The second-order valence-corrected chi connectivity index (χ2v) is 8.61. The van der Waals surface area contributed by atoms with Gasteiger partial charge in [-0.3, -0.25) is 14.5 Å². The molecule has 1 saturated heterocycles. The molecule has 2 fully saturated rings. The van der Waals surface area contributed by atoms with Crippen LogP contribution in [0.2, 0.25) is 0 Å². The van der Waals surface area contributed by atoms with E-state index in [0.29, 0.717) is 22.6 Å². The van der Waals surface area contributed by atoms with Crippen molar-refractivity contribution in [2.45, 2.75) is 32.1 Å². The Hall–Kier alpha value is -2.86. The van der Waals surface area contributed by atoms with Crippen LogP contribution in [-0.2, 0) is 0 Å². The van der Waals surface area contributed by atoms with Crippen molar-refractivity contribution in [2.75, 3.05) is 32.7 Å². The molecule has 1 heterocycles. The van der Waals surface area contributed by atoms with Crippen LogP contribution < -0.4 is 10.5 Å². The molecular weight excluding hydrogens is 390 g/mol. The van der Waals surface area contributed by atoms with Crippen LogP contribution in [0.25, 0.3) is 0 Å². The second kappa shape index (κ2) is 9.96. The van der Waals surface area contributed by atoms with Crippen LogP contribution in [-0.4, -0.2) is 54.3 Å². The smallest absolute Gasteiger partial charge is 0.253 e. The highest BCUT2D eigenvalue weighted by Crippen LogP contribution is 2.25. The van der Waals surface area contributed by atoms with E-state index in [-0.39, 0.29) is 5.91 Å². The fraction of sp³-hybridized carbons (Fsp3) is 0.440. The van der Waals surface area contributed by atoms with Crippen molar-refractivity contribution in [3.8, 4) is 11.5 Å². The maximum absolute atomic E-state index is 12.9. The number of rotatable bonds is 6. The van der Waals surface area contributed by atoms with Crippen LogP contribution >= 0.6 is 0 Å². The molecule has 0 atom stereocenters. The van der Waals surface area contributed by atoms with Crippen LogP contribution in [0, 0.1) is 5.92 Å². The fourth-order valence-electron chi connectivity index (χ4n) is 4.54. The molecule has 2 aromatic rings. The lowest BCUT2D eigenvalue weighted by Gasteiger charge is -2.37. The zero-order valence-electron chi connectivity index (χ0n) is 18.0. The molecule has 4 rings (SSSR count). The van der Waals surface area contributed by atoms with Gasteiger partial charge in [0.05, 0.1) is 0 Å². The lowest BCUT2D eigenvalue weighted by molar-refractivity contribution is 0.0606. The van der Waals surface area contributed by atoms with E-state index >= 15 is 0 Å². The third-order valence-corrected chi connectivity index (χ3v) is 6.38. The van der Waals surface area contributed by atoms with Gasteiger partial charge in [-0.15, -0.1) is 0 Å². The number of amides is 2. The number of hydrogen-bond acceptors (Lipinski definition) is 4. The van der Waals surface area contributed by atoms with Gasteiger partial charge in [0.15, 0.2) is 0 Å². The molecule has 1 saturated carbocycles. The lowest BCUT2D eigenvalue weighted by Crippen LogP contribution is -2.49. The number of carbonyl (C=O) groups is 2. The third-order valence-electron chi connectivity index (χ3n) is 6.38. The molecule has 164 valence electrons. The monoisotopic (exact) mass is 421 g/mol. The first-order valence-corrected chi connectivity index (χ1v) is 11.3. The minimum atomic E-state index is -0.468. The van der Waals surface area contributed by atoms with Gasteiger partial charge in [0.2, 0.25) is 5.91 Å². The highest BCUT2D eigenvalue weighted by molar-refractivity contribution is 5.94. The van der Waals surface area contributed by atoms with E-state index in [2.05, 4.69) is 4.90 Å². The van der Waals surface area contributed by atoms with Crippen molar-refractivity contribution >= 4 is 11.8 Å². The van der Waals surface area contributed by atoms with Gasteiger partial charge in [0.1, 0.15) is 11.5 Å². The van der Waals surface area contributed by atoms with Crippen LogP contribution in [0.1, 0.15) is 52.8 Å². The van der Waals surface area contributed by atoms with Gasteiger partial charge in [-0.25, -0.2) is 0 Å². The first kappa shape index (κ1) is 21.4. The Kier molecular flexibility index (Phi) is 6.87. The van der Waals surface area contributed by atoms with E-state index in [1.807, 2.05) is 17.0 Å². The summed E-state index contributed by atoms with van der Waals surface area (Å²) in [5, 5.41) is 0. The van der Waals surface area contributed by atoms with Gasteiger partial charge in [-0.05, 0) is 67.3 Å². The van der Waals surface area contributed by atoms with Crippen molar-refractivity contribution in [2.24, 2.45) is 11.7 Å². The lowest BCUT2D eigenvalue weighted by atomic mass is 9.89. The second-order valence-electron chi connectivity index (χ2n) is 8.61. The zero-order valence-corrected chi connectivity index (χ0v) is 18.0. The minimum absolute atomic E-state index is 0.0784. The van der Waals surface area contributed by atoms with Gasteiger partial charge in [0.25, 0.3) is 5.91 Å². The predicted molar refractivity (Wildman–Crippen MR) is 120 cm³/mol. The Morgan fingerprint density at radius 1 is 0.806 bits per heavy atom. The molecule has 2 aliphatic rings. The third kappa shape index (κ3) is 5.64. The van der Waals surface area contributed by atoms with Gasteiger partial charge in [0, 0.05) is 43.9 Å². The average molecular weight is 422 g/mol. The van der Waals surface area contributed by atoms with Crippen molar-refractivity contribution in [1.82, 2.24) is 9.80 Å². The van der Waals surface area contributed by atoms with Crippen molar-refractivity contribution in [3.63, 3.8) is 0 Å². The predicted octanol–water partition coefficient (Wildman–Crippen LogP) is 3.92. The molecule has 0 unspecified atom stereocenters. The average Bonchev–Trinajstić information content (AvgIpc) is 2.81. The minimum Gasteiger partial charge on any atom is -0.457 e. The summed E-state index contributed by atoms with van der Waals surface area (Å²) in [7, 11) is 0. The molecule has 0 spiro atoms. The number of ether oxygens (including phenoxy) is 1. The molecule has 1 aliphatic carbocycles. The first-order chi connectivity index (χ1) is 15.1. The number of hydrogen-bond donors (Lipinski definition) is 1. The molecular formula is C25H31N3O3. The van der Waals surface area contributed by atoms with Crippen LogP contribution in [0.5, 0.6) is 11.5 Å². The summed E-state index contributed by atoms with van der Waals surface area (Å²) in [6, 6.07) is 13.9. The molecule has 31 heavy (non-hydrogen) atoms. The number of carbonyl (C=O) groups excluding carboxylic acids is 2. The topological polar surface area (TPSA) is 75.9 Å². The summed E-state index contributed by atoms with van der Waals surface area (Å²) in [6.07, 6.45) is 6.87. The zero-order chi connectivity index (χ0) is 21.6. The van der Waals surface area contributed by atoms with E-state index < -0.39 is 5.91 Å². The number of piperazine rings is 1. The number of nitrogens with two attached hydrogens (primary N) is 1. The molecule has 0 bridgehead atoms. The van der Waals surface area contributed by atoms with Crippen LogP contribution in [0.4, 0.5) is 0 Å². The number of benzene rings is 2. The summed E-state index contributed by atoms with van der Waals surface area (Å²) in [5.74, 6) is 1.70. The molecule has 2 aromatic carbocycles. The summed E-state index contributed by atoms with van der Waals surface area (Å²) >= 11 is 0. The summed E-state index contributed by atoms with van der Waals surface area (Å²) in [4.78, 5) is 28.5. The highest BCUT2D eigenvalue weighted by Gasteiger charge is 2.24. The van der Waals surface area contributed by atoms with Gasteiger partial charge < -0.3 is 15.4 Å².